The Kier molecular flexibility index (Phi) is 5.28. The first-order valence-corrected chi connectivity index (χ1v) is 7.75. The molecular weight excluding hydrogens is 284 g/mol. The van der Waals surface area contributed by atoms with E-state index < -0.39 is 5.97 Å². The SMILES string of the molecule is CCc1ccc(CSc2ccccc2)c(C(=O)OC)c1O. The van der Waals surface area contributed by atoms with Gasteiger partial charge in [0.05, 0.1) is 7.11 Å². The molecule has 0 heterocycles. The number of phenols is 1. The lowest BCUT2D eigenvalue weighted by Gasteiger charge is -2.12. The van der Waals surface area contributed by atoms with Crippen molar-refractivity contribution >= 4 is 17.7 Å². The molecule has 0 bridgehead atoms. The van der Waals surface area contributed by atoms with Gasteiger partial charge in [0.2, 0.25) is 0 Å². The van der Waals surface area contributed by atoms with E-state index in [9.17, 15) is 9.90 Å². The molecule has 3 nitrogen and oxygen atoms in total. The normalized spacial score (nSPS) is 10.4. The number of esters is 1. The van der Waals surface area contributed by atoms with Gasteiger partial charge in [0.15, 0.2) is 0 Å². The van der Waals surface area contributed by atoms with Gasteiger partial charge < -0.3 is 9.84 Å². The highest BCUT2D eigenvalue weighted by Gasteiger charge is 2.19. The molecule has 2 rings (SSSR count). The summed E-state index contributed by atoms with van der Waals surface area (Å²) in [7, 11) is 1.33. The summed E-state index contributed by atoms with van der Waals surface area (Å²) in [6.45, 7) is 1.94. The minimum absolute atomic E-state index is 0.0375. The van der Waals surface area contributed by atoms with Gasteiger partial charge in [-0.05, 0) is 29.7 Å². The van der Waals surface area contributed by atoms with Crippen LogP contribution in [0.15, 0.2) is 47.4 Å². The molecule has 0 spiro atoms. The average Bonchev–Trinajstić information content (AvgIpc) is 2.53. The van der Waals surface area contributed by atoms with Crippen molar-refractivity contribution in [2.45, 2.75) is 24.0 Å². The van der Waals surface area contributed by atoms with Crippen molar-refractivity contribution in [1.29, 1.82) is 0 Å². The Labute approximate surface area is 129 Å². The Bertz CT molecular complexity index is 623. The maximum Gasteiger partial charge on any atom is 0.341 e. The predicted octanol–water partition coefficient (Wildman–Crippen LogP) is 4.03. The lowest BCUT2D eigenvalue weighted by Crippen LogP contribution is -2.07. The number of aryl methyl sites for hydroxylation is 1. The number of phenolic OH excluding ortho intramolecular Hbond substituents is 1. The number of thioether (sulfide) groups is 1. The van der Waals surface area contributed by atoms with Gasteiger partial charge in [-0.2, -0.15) is 0 Å². The second kappa shape index (κ2) is 7.18. The first-order valence-electron chi connectivity index (χ1n) is 6.77. The van der Waals surface area contributed by atoms with Crippen molar-refractivity contribution in [2.24, 2.45) is 0 Å². The summed E-state index contributed by atoms with van der Waals surface area (Å²) in [6, 6.07) is 13.7. The molecule has 0 atom stereocenters. The molecule has 4 heteroatoms. The second-order valence-electron chi connectivity index (χ2n) is 4.55. The van der Waals surface area contributed by atoms with Crippen molar-refractivity contribution in [3.8, 4) is 5.75 Å². The van der Waals surface area contributed by atoms with E-state index in [0.29, 0.717) is 12.2 Å². The highest BCUT2D eigenvalue weighted by atomic mass is 32.2. The molecule has 2 aromatic rings. The first kappa shape index (κ1) is 15.4. The van der Waals surface area contributed by atoms with Crippen LogP contribution < -0.4 is 0 Å². The summed E-state index contributed by atoms with van der Waals surface area (Å²) in [6.07, 6.45) is 0.669. The zero-order valence-corrected chi connectivity index (χ0v) is 12.9. The topological polar surface area (TPSA) is 46.5 Å². The molecule has 0 aliphatic heterocycles. The van der Waals surface area contributed by atoms with Crippen LogP contribution in [0.4, 0.5) is 0 Å². The van der Waals surface area contributed by atoms with Gasteiger partial charge in [0.1, 0.15) is 11.3 Å². The van der Waals surface area contributed by atoms with Crippen molar-refractivity contribution < 1.29 is 14.6 Å². The Morgan fingerprint density at radius 1 is 1.14 bits per heavy atom. The van der Waals surface area contributed by atoms with Crippen LogP contribution in [0.2, 0.25) is 0 Å². The number of carbonyl (C=O) groups excluding carboxylic acids is 1. The fourth-order valence-electron chi connectivity index (χ4n) is 2.09. The zero-order chi connectivity index (χ0) is 15.2. The number of hydrogen-bond donors (Lipinski definition) is 1. The van der Waals surface area contributed by atoms with E-state index in [1.54, 1.807) is 11.8 Å². The quantitative estimate of drug-likeness (QED) is 0.669. The molecule has 21 heavy (non-hydrogen) atoms. The monoisotopic (exact) mass is 302 g/mol. The zero-order valence-electron chi connectivity index (χ0n) is 12.1. The van der Waals surface area contributed by atoms with E-state index >= 15 is 0 Å². The van der Waals surface area contributed by atoms with E-state index in [4.69, 9.17) is 4.74 Å². The van der Waals surface area contributed by atoms with Gasteiger partial charge >= 0.3 is 5.97 Å². The fourth-order valence-corrected chi connectivity index (χ4v) is 3.00. The maximum absolute atomic E-state index is 11.9. The van der Waals surface area contributed by atoms with Crippen LogP contribution in [0.1, 0.15) is 28.4 Å². The van der Waals surface area contributed by atoms with E-state index in [-0.39, 0.29) is 11.3 Å². The standard InChI is InChI=1S/C17H18O3S/c1-3-12-9-10-13(15(16(12)18)17(19)20-2)11-21-14-7-5-4-6-8-14/h4-10,18H,3,11H2,1-2H3. The molecule has 0 unspecified atom stereocenters. The number of methoxy groups -OCH3 is 1. The maximum atomic E-state index is 11.9. The van der Waals surface area contributed by atoms with Crippen LogP contribution in [0.5, 0.6) is 5.75 Å². The van der Waals surface area contributed by atoms with Gasteiger partial charge in [-0.15, -0.1) is 11.8 Å². The first-order chi connectivity index (χ1) is 10.2. The molecule has 0 fully saturated rings. The molecule has 0 radical (unpaired) electrons. The van der Waals surface area contributed by atoms with E-state index in [1.807, 2.05) is 49.4 Å². The molecule has 0 aliphatic carbocycles. The Morgan fingerprint density at radius 3 is 2.43 bits per heavy atom. The Morgan fingerprint density at radius 2 is 1.81 bits per heavy atom. The molecular formula is C17H18O3S. The molecule has 0 aliphatic rings. The number of carbonyl (C=O) groups is 1. The van der Waals surface area contributed by atoms with Crippen LogP contribution in [0.25, 0.3) is 0 Å². The lowest BCUT2D eigenvalue weighted by atomic mass is 10.0. The van der Waals surface area contributed by atoms with Crippen molar-refractivity contribution in [3.05, 3.63) is 59.2 Å². The van der Waals surface area contributed by atoms with E-state index in [0.717, 1.165) is 16.0 Å². The second-order valence-corrected chi connectivity index (χ2v) is 5.60. The minimum atomic E-state index is -0.494. The van der Waals surface area contributed by atoms with E-state index in [2.05, 4.69) is 0 Å². The smallest absolute Gasteiger partial charge is 0.341 e. The number of rotatable bonds is 5. The Hall–Kier alpha value is -1.94. The lowest BCUT2D eigenvalue weighted by molar-refractivity contribution is 0.0596. The number of hydrogen-bond acceptors (Lipinski definition) is 4. The molecule has 110 valence electrons. The van der Waals surface area contributed by atoms with Crippen LogP contribution in [-0.2, 0) is 16.9 Å². The fraction of sp³-hybridized carbons (Fsp3) is 0.235. The number of benzene rings is 2. The summed E-state index contributed by atoms with van der Waals surface area (Å²) in [5.74, 6) is 0.147. The van der Waals surface area contributed by atoms with Crippen LogP contribution in [0, 0.1) is 0 Å². The molecule has 0 saturated heterocycles. The van der Waals surface area contributed by atoms with Gasteiger partial charge in [-0.25, -0.2) is 4.79 Å². The van der Waals surface area contributed by atoms with Crippen molar-refractivity contribution in [2.75, 3.05) is 7.11 Å². The third-order valence-electron chi connectivity index (χ3n) is 3.26. The highest BCUT2D eigenvalue weighted by molar-refractivity contribution is 7.98. The minimum Gasteiger partial charge on any atom is -0.507 e. The van der Waals surface area contributed by atoms with Crippen LogP contribution in [0.3, 0.4) is 0 Å². The van der Waals surface area contributed by atoms with Crippen LogP contribution >= 0.6 is 11.8 Å². The van der Waals surface area contributed by atoms with Crippen molar-refractivity contribution in [3.63, 3.8) is 0 Å². The summed E-state index contributed by atoms with van der Waals surface area (Å²) in [4.78, 5) is 13.1. The third kappa shape index (κ3) is 3.58. The van der Waals surface area contributed by atoms with Crippen molar-refractivity contribution in [1.82, 2.24) is 0 Å². The highest BCUT2D eigenvalue weighted by Crippen LogP contribution is 2.31. The summed E-state index contributed by atoms with van der Waals surface area (Å²) >= 11 is 1.62. The van der Waals surface area contributed by atoms with Gasteiger partial charge in [-0.1, -0.05) is 37.3 Å². The van der Waals surface area contributed by atoms with Gasteiger partial charge in [-0.3, -0.25) is 0 Å². The summed E-state index contributed by atoms with van der Waals surface area (Å²) < 4.78 is 4.80. The molecule has 0 aromatic heterocycles. The average molecular weight is 302 g/mol. The van der Waals surface area contributed by atoms with Gasteiger partial charge in [0.25, 0.3) is 0 Å². The molecule has 0 amide bonds. The molecule has 2 aromatic carbocycles. The van der Waals surface area contributed by atoms with Crippen LogP contribution in [-0.4, -0.2) is 18.2 Å². The molecule has 0 saturated carbocycles. The number of aromatic hydroxyl groups is 1. The largest absolute Gasteiger partial charge is 0.507 e. The summed E-state index contributed by atoms with van der Waals surface area (Å²) in [5, 5.41) is 10.3. The van der Waals surface area contributed by atoms with E-state index in [1.165, 1.54) is 7.11 Å². The Balaban J connectivity index is 2.30. The predicted molar refractivity (Wildman–Crippen MR) is 84.8 cm³/mol. The summed E-state index contributed by atoms with van der Waals surface area (Å²) in [5.41, 5.74) is 1.81. The van der Waals surface area contributed by atoms with Gasteiger partial charge in [0, 0.05) is 10.6 Å². The number of ether oxygens (including phenoxy) is 1. The molecule has 1 N–H and O–H groups in total. The third-order valence-corrected chi connectivity index (χ3v) is 4.32.